The lowest BCUT2D eigenvalue weighted by molar-refractivity contribution is -0.130. The molecule has 1 amide bonds. The molecule has 230 valence electrons. The topological polar surface area (TPSA) is 109 Å². The summed E-state index contributed by atoms with van der Waals surface area (Å²) in [6.07, 6.45) is 2.39. The standard InChI is InChI=1S/C34H50N4O4/c1-9-34(10-2)19-31(39)38(32(35)37-34)20-28-17-26(15-16-30(28)42-22-23(3)21-41-8)24(4)36-25(5)29-14-12-11-13-27(29)18-33(6,7)40/h11-17,23,25,36,40H,4,9-10,18-22H2,1-3,5-8H3,(H2,35,37). The van der Waals surface area contributed by atoms with Gasteiger partial charge in [-0.2, -0.15) is 0 Å². The summed E-state index contributed by atoms with van der Waals surface area (Å²) in [6.45, 7) is 17.5. The smallest absolute Gasteiger partial charge is 0.232 e. The molecule has 0 saturated heterocycles. The maximum atomic E-state index is 13.3. The third-order valence-corrected chi connectivity index (χ3v) is 7.97. The van der Waals surface area contributed by atoms with Gasteiger partial charge in [-0.25, -0.2) is 4.99 Å². The summed E-state index contributed by atoms with van der Waals surface area (Å²) in [5, 5.41) is 14.0. The largest absolute Gasteiger partial charge is 0.493 e. The van der Waals surface area contributed by atoms with E-state index in [0.29, 0.717) is 31.8 Å². The highest BCUT2D eigenvalue weighted by molar-refractivity contribution is 5.99. The number of rotatable bonds is 15. The number of ether oxygens (including phenoxy) is 2. The maximum Gasteiger partial charge on any atom is 0.232 e. The first-order chi connectivity index (χ1) is 19.8. The van der Waals surface area contributed by atoms with E-state index >= 15 is 0 Å². The number of guanidine groups is 1. The second-order valence-electron chi connectivity index (χ2n) is 12.3. The average Bonchev–Trinajstić information content (AvgIpc) is 2.93. The Morgan fingerprint density at radius 1 is 1.17 bits per heavy atom. The van der Waals surface area contributed by atoms with Gasteiger partial charge in [-0.3, -0.25) is 9.69 Å². The Labute approximate surface area is 252 Å². The first kappa shape index (κ1) is 33.1. The lowest BCUT2D eigenvalue weighted by Crippen LogP contribution is -2.50. The van der Waals surface area contributed by atoms with Crippen molar-refractivity contribution in [1.82, 2.24) is 10.2 Å². The van der Waals surface area contributed by atoms with E-state index in [1.54, 1.807) is 12.0 Å². The highest BCUT2D eigenvalue weighted by Crippen LogP contribution is 2.32. The molecule has 8 heteroatoms. The Hall–Kier alpha value is -3.36. The number of aliphatic hydroxyl groups is 1. The van der Waals surface area contributed by atoms with Crippen LogP contribution in [0.2, 0.25) is 0 Å². The van der Waals surface area contributed by atoms with E-state index in [9.17, 15) is 9.90 Å². The lowest BCUT2D eigenvalue weighted by atomic mass is 9.88. The van der Waals surface area contributed by atoms with Crippen LogP contribution < -0.4 is 15.8 Å². The fourth-order valence-corrected chi connectivity index (χ4v) is 5.45. The highest BCUT2D eigenvalue weighted by Gasteiger charge is 2.37. The van der Waals surface area contributed by atoms with Crippen molar-refractivity contribution in [3.8, 4) is 5.75 Å². The van der Waals surface area contributed by atoms with Crippen molar-refractivity contribution in [2.45, 2.75) is 91.0 Å². The number of hydrogen-bond acceptors (Lipinski definition) is 7. The minimum atomic E-state index is -0.816. The maximum absolute atomic E-state index is 13.3. The van der Waals surface area contributed by atoms with E-state index in [-0.39, 0.29) is 30.4 Å². The third kappa shape index (κ3) is 8.58. The molecule has 3 rings (SSSR count). The third-order valence-electron chi connectivity index (χ3n) is 7.97. The molecule has 0 aliphatic carbocycles. The summed E-state index contributed by atoms with van der Waals surface area (Å²) in [5.74, 6) is 1.08. The van der Waals surface area contributed by atoms with Gasteiger partial charge in [-0.05, 0) is 68.5 Å². The van der Waals surface area contributed by atoms with Gasteiger partial charge in [-0.15, -0.1) is 0 Å². The van der Waals surface area contributed by atoms with E-state index in [1.165, 1.54) is 0 Å². The summed E-state index contributed by atoms with van der Waals surface area (Å²) >= 11 is 0. The van der Waals surface area contributed by atoms with Crippen molar-refractivity contribution in [2.24, 2.45) is 16.6 Å². The summed E-state index contributed by atoms with van der Waals surface area (Å²) in [7, 11) is 1.68. The molecule has 42 heavy (non-hydrogen) atoms. The van der Waals surface area contributed by atoms with E-state index < -0.39 is 11.1 Å². The van der Waals surface area contributed by atoms with Crippen molar-refractivity contribution in [2.75, 3.05) is 20.3 Å². The van der Waals surface area contributed by atoms with E-state index in [1.807, 2.05) is 58.0 Å². The molecule has 4 N–H and O–H groups in total. The molecule has 2 atom stereocenters. The van der Waals surface area contributed by atoms with E-state index in [2.05, 4.69) is 37.9 Å². The SMILES string of the molecule is C=C(NC(C)c1ccccc1CC(C)(C)O)c1ccc(OCC(C)COC)c(CN2C(=O)CC(CC)(CC)N=C2N)c1. The fourth-order valence-electron chi connectivity index (χ4n) is 5.45. The molecule has 2 aromatic carbocycles. The van der Waals surface area contributed by atoms with E-state index in [0.717, 1.165) is 40.8 Å². The van der Waals surface area contributed by atoms with Crippen molar-refractivity contribution in [3.05, 3.63) is 71.3 Å². The Balaban J connectivity index is 1.89. The van der Waals surface area contributed by atoms with Crippen LogP contribution in [0.25, 0.3) is 5.70 Å². The Morgan fingerprint density at radius 3 is 2.48 bits per heavy atom. The molecule has 0 fully saturated rings. The molecule has 2 unspecified atom stereocenters. The van der Waals surface area contributed by atoms with Crippen molar-refractivity contribution >= 4 is 17.6 Å². The number of amides is 1. The number of carbonyl (C=O) groups excluding carboxylic acids is 1. The summed E-state index contributed by atoms with van der Waals surface area (Å²) in [4.78, 5) is 19.6. The van der Waals surface area contributed by atoms with Gasteiger partial charge in [0.05, 0.1) is 37.3 Å². The van der Waals surface area contributed by atoms with Crippen molar-refractivity contribution in [3.63, 3.8) is 0 Å². The van der Waals surface area contributed by atoms with Crippen LogP contribution >= 0.6 is 0 Å². The number of aliphatic imine (C=N–C) groups is 1. The minimum absolute atomic E-state index is 0.0377. The van der Waals surface area contributed by atoms with Crippen LogP contribution in [0.15, 0.2) is 54.0 Å². The zero-order valence-electron chi connectivity index (χ0n) is 26.5. The minimum Gasteiger partial charge on any atom is -0.493 e. The molecule has 8 nitrogen and oxygen atoms in total. The number of benzene rings is 2. The van der Waals surface area contributed by atoms with Crippen LogP contribution in [-0.4, -0.2) is 53.3 Å². The zero-order chi connectivity index (χ0) is 31.1. The molecular weight excluding hydrogens is 528 g/mol. The monoisotopic (exact) mass is 578 g/mol. The summed E-state index contributed by atoms with van der Waals surface area (Å²) in [5.41, 5.74) is 9.76. The average molecular weight is 579 g/mol. The Morgan fingerprint density at radius 2 is 1.86 bits per heavy atom. The Bertz CT molecular complexity index is 1260. The second-order valence-corrected chi connectivity index (χ2v) is 12.3. The number of nitrogens with one attached hydrogen (secondary N) is 1. The summed E-state index contributed by atoms with van der Waals surface area (Å²) in [6, 6.07) is 14.0. The normalized spacial score (nSPS) is 16.5. The van der Waals surface area contributed by atoms with Gasteiger partial charge in [0.15, 0.2) is 5.96 Å². The van der Waals surface area contributed by atoms with Crippen LogP contribution in [0.1, 0.15) is 89.1 Å². The first-order valence-electron chi connectivity index (χ1n) is 15.0. The van der Waals surface area contributed by atoms with Gasteiger partial charge in [0.2, 0.25) is 5.91 Å². The zero-order valence-corrected chi connectivity index (χ0v) is 26.5. The van der Waals surface area contributed by atoms with Crippen LogP contribution in [0.5, 0.6) is 5.75 Å². The molecule has 0 bridgehead atoms. The van der Waals surface area contributed by atoms with Crippen molar-refractivity contribution < 1.29 is 19.4 Å². The van der Waals surface area contributed by atoms with Crippen LogP contribution in [0.4, 0.5) is 0 Å². The first-order valence-corrected chi connectivity index (χ1v) is 15.0. The highest BCUT2D eigenvalue weighted by atomic mass is 16.5. The van der Waals surface area contributed by atoms with Crippen molar-refractivity contribution in [1.29, 1.82) is 0 Å². The number of methoxy groups -OCH3 is 1. The molecule has 0 spiro atoms. The molecule has 0 saturated carbocycles. The predicted molar refractivity (Wildman–Crippen MR) is 170 cm³/mol. The summed E-state index contributed by atoms with van der Waals surface area (Å²) < 4.78 is 11.5. The quantitative estimate of drug-likeness (QED) is 0.254. The van der Waals surface area contributed by atoms with Gasteiger partial charge in [-0.1, -0.05) is 51.6 Å². The van der Waals surface area contributed by atoms with Gasteiger partial charge in [0, 0.05) is 36.8 Å². The lowest BCUT2D eigenvalue weighted by Gasteiger charge is -2.36. The van der Waals surface area contributed by atoms with Crippen LogP contribution in [0.3, 0.4) is 0 Å². The van der Waals surface area contributed by atoms with E-state index in [4.69, 9.17) is 20.2 Å². The number of carbonyl (C=O) groups is 1. The van der Waals surface area contributed by atoms with Crippen LogP contribution in [0, 0.1) is 5.92 Å². The molecule has 1 aliphatic heterocycles. The molecule has 2 aromatic rings. The van der Waals surface area contributed by atoms with Crippen LogP contribution in [-0.2, 0) is 22.5 Å². The Kier molecular flexibility index (Phi) is 11.2. The van der Waals surface area contributed by atoms with Gasteiger partial charge in [0.1, 0.15) is 5.75 Å². The molecular formula is C34H50N4O4. The number of nitrogens with zero attached hydrogens (tertiary/aromatic N) is 2. The van der Waals surface area contributed by atoms with Gasteiger partial charge < -0.3 is 25.6 Å². The number of nitrogens with two attached hydrogens (primary N) is 1. The molecule has 1 heterocycles. The fraction of sp³-hybridized carbons (Fsp3) is 0.529. The molecule has 0 radical (unpaired) electrons. The van der Waals surface area contributed by atoms with Gasteiger partial charge in [0.25, 0.3) is 0 Å². The van der Waals surface area contributed by atoms with Gasteiger partial charge >= 0.3 is 0 Å². The predicted octanol–water partition coefficient (Wildman–Crippen LogP) is 5.59. The second kappa shape index (κ2) is 14.2. The number of hydrogen-bond donors (Lipinski definition) is 3. The molecule has 1 aliphatic rings. The molecule has 0 aromatic heterocycles.